The molecule has 0 saturated carbocycles. The van der Waals surface area contributed by atoms with Crippen molar-refractivity contribution in [3.8, 4) is 0 Å². The van der Waals surface area contributed by atoms with Crippen LogP contribution in [0.1, 0.15) is 151 Å². The van der Waals surface area contributed by atoms with E-state index in [0.717, 1.165) is 25.7 Å². The molecule has 0 spiro atoms. The first-order chi connectivity index (χ1) is 16.4. The number of amides is 1. The minimum absolute atomic E-state index is 0.0246. The van der Waals surface area contributed by atoms with Crippen LogP contribution in [-0.4, -0.2) is 35.6 Å². The van der Waals surface area contributed by atoms with Gasteiger partial charge in [-0.05, 0) is 54.4 Å². The van der Waals surface area contributed by atoms with E-state index in [4.69, 9.17) is 9.47 Å². The molecule has 206 valence electrons. The predicted octanol–water partition coefficient (Wildman–Crippen LogP) is 7.42. The van der Waals surface area contributed by atoms with Crippen LogP contribution < -0.4 is 5.32 Å². The molecule has 0 aromatic rings. The summed E-state index contributed by atoms with van der Waals surface area (Å²) in [6.45, 7) is 11.6. The Morgan fingerprint density at radius 1 is 0.486 bits per heavy atom. The number of carbonyl (C=O) groups is 3. The van der Waals surface area contributed by atoms with Gasteiger partial charge in [-0.3, -0.25) is 14.4 Å². The van der Waals surface area contributed by atoms with Gasteiger partial charge in [-0.2, -0.15) is 0 Å². The fraction of sp³-hybridized carbons (Fsp3) is 0.897. The number of ether oxygens (including phenoxy) is 2. The van der Waals surface area contributed by atoms with Crippen molar-refractivity contribution < 1.29 is 23.9 Å². The average molecular weight is 498 g/mol. The van der Waals surface area contributed by atoms with Crippen LogP contribution in [0.25, 0.3) is 0 Å². The Hall–Kier alpha value is -1.59. The second-order valence-corrected chi connectivity index (χ2v) is 11.7. The van der Waals surface area contributed by atoms with E-state index in [-0.39, 0.29) is 29.9 Å². The molecule has 0 bridgehead atoms. The maximum atomic E-state index is 11.8. The number of carbonyl (C=O) groups excluding carboxylic acids is 3. The zero-order chi connectivity index (χ0) is 26.6. The van der Waals surface area contributed by atoms with Gasteiger partial charge in [-0.1, -0.05) is 77.0 Å². The van der Waals surface area contributed by atoms with Gasteiger partial charge in [0.2, 0.25) is 5.91 Å². The Balaban J connectivity index is 3.32. The number of hydrogen-bond acceptors (Lipinski definition) is 5. The third-order valence-electron chi connectivity index (χ3n) is 5.53. The van der Waals surface area contributed by atoms with Crippen LogP contribution >= 0.6 is 0 Å². The zero-order valence-corrected chi connectivity index (χ0v) is 23.8. The van der Waals surface area contributed by atoms with E-state index < -0.39 is 5.60 Å². The predicted molar refractivity (Wildman–Crippen MR) is 143 cm³/mol. The van der Waals surface area contributed by atoms with Gasteiger partial charge in [0.05, 0.1) is 6.42 Å². The maximum Gasteiger partial charge on any atom is 0.308 e. The Morgan fingerprint density at radius 2 is 0.800 bits per heavy atom. The number of rotatable bonds is 20. The zero-order valence-electron chi connectivity index (χ0n) is 23.8. The molecule has 1 amide bonds. The lowest BCUT2D eigenvalue weighted by atomic mass is 10.0. The minimum atomic E-state index is -0.479. The molecule has 0 fully saturated rings. The van der Waals surface area contributed by atoms with Crippen LogP contribution in [0, 0.1) is 0 Å². The van der Waals surface area contributed by atoms with Crippen molar-refractivity contribution in [2.45, 2.75) is 162 Å². The van der Waals surface area contributed by atoms with E-state index in [1.165, 1.54) is 64.2 Å². The van der Waals surface area contributed by atoms with Gasteiger partial charge in [0.25, 0.3) is 0 Å². The van der Waals surface area contributed by atoms with E-state index in [0.29, 0.717) is 19.4 Å². The molecule has 0 aliphatic heterocycles. The summed E-state index contributed by atoms with van der Waals surface area (Å²) in [5.41, 5.74) is -0.852. The second kappa shape index (κ2) is 19.6. The summed E-state index contributed by atoms with van der Waals surface area (Å²) in [5.74, 6) is -0.323. The number of unbranched alkanes of at least 4 members (excludes halogenated alkanes) is 13. The molecular formula is C29H55NO5. The van der Waals surface area contributed by atoms with Gasteiger partial charge < -0.3 is 14.8 Å². The topological polar surface area (TPSA) is 81.7 Å². The van der Waals surface area contributed by atoms with E-state index in [1.54, 1.807) is 0 Å². The van der Waals surface area contributed by atoms with Crippen LogP contribution in [0.5, 0.6) is 0 Å². The molecule has 0 aromatic carbocycles. The second-order valence-electron chi connectivity index (χ2n) is 11.7. The van der Waals surface area contributed by atoms with Crippen molar-refractivity contribution in [1.29, 1.82) is 0 Å². The van der Waals surface area contributed by atoms with Crippen molar-refractivity contribution in [3.05, 3.63) is 0 Å². The smallest absolute Gasteiger partial charge is 0.308 e. The molecule has 1 N–H and O–H groups in total. The molecule has 35 heavy (non-hydrogen) atoms. The number of hydrogen-bond donors (Lipinski definition) is 1. The number of esters is 2. The molecule has 0 atom stereocenters. The summed E-state index contributed by atoms with van der Waals surface area (Å²) in [6, 6.07) is 0. The monoisotopic (exact) mass is 497 g/mol. The van der Waals surface area contributed by atoms with Gasteiger partial charge in [-0.25, -0.2) is 0 Å². The van der Waals surface area contributed by atoms with Crippen LogP contribution in [0.15, 0.2) is 0 Å². The highest BCUT2D eigenvalue weighted by Crippen LogP contribution is 2.15. The van der Waals surface area contributed by atoms with Crippen LogP contribution in [0.3, 0.4) is 0 Å². The van der Waals surface area contributed by atoms with Crippen molar-refractivity contribution >= 4 is 17.8 Å². The van der Waals surface area contributed by atoms with E-state index in [2.05, 4.69) is 5.32 Å². The Kier molecular flexibility index (Phi) is 18.7. The lowest BCUT2D eigenvalue weighted by Crippen LogP contribution is -2.29. The Labute approximate surface area is 215 Å². The van der Waals surface area contributed by atoms with Crippen LogP contribution in [0.2, 0.25) is 0 Å². The lowest BCUT2D eigenvalue weighted by molar-refractivity contribution is -0.156. The Morgan fingerprint density at radius 3 is 1.17 bits per heavy atom. The third kappa shape index (κ3) is 26.9. The number of nitrogens with one attached hydrogen (secondary N) is 1. The first kappa shape index (κ1) is 33.4. The highest BCUT2D eigenvalue weighted by Gasteiger charge is 2.16. The van der Waals surface area contributed by atoms with Crippen molar-refractivity contribution in [1.82, 2.24) is 5.32 Å². The molecule has 0 aliphatic rings. The molecule has 0 heterocycles. The molecule has 6 heteroatoms. The summed E-state index contributed by atoms with van der Waals surface area (Å²) >= 11 is 0. The summed E-state index contributed by atoms with van der Waals surface area (Å²) in [7, 11) is 0. The molecule has 0 unspecified atom stereocenters. The highest BCUT2D eigenvalue weighted by molar-refractivity contribution is 5.77. The first-order valence-electron chi connectivity index (χ1n) is 14.1. The minimum Gasteiger partial charge on any atom is -0.460 e. The quantitative estimate of drug-likeness (QED) is 0.140. The Bertz CT molecular complexity index is 575. The van der Waals surface area contributed by atoms with E-state index in [9.17, 15) is 14.4 Å². The molecule has 0 rings (SSSR count). The van der Waals surface area contributed by atoms with E-state index >= 15 is 0 Å². The van der Waals surface area contributed by atoms with Crippen molar-refractivity contribution in [2.24, 2.45) is 0 Å². The van der Waals surface area contributed by atoms with Crippen molar-refractivity contribution in [3.63, 3.8) is 0 Å². The molecule has 0 aliphatic carbocycles. The maximum absolute atomic E-state index is 11.8. The highest BCUT2D eigenvalue weighted by atomic mass is 16.6. The van der Waals surface area contributed by atoms with E-state index in [1.807, 2.05) is 41.5 Å². The van der Waals surface area contributed by atoms with Gasteiger partial charge in [0.15, 0.2) is 0 Å². The van der Waals surface area contributed by atoms with Crippen molar-refractivity contribution in [2.75, 3.05) is 6.54 Å². The SMILES string of the molecule is CC(C)(C)OC(=O)CCCCCCCCCCCCCCCCC(=O)NCCC(=O)OC(C)(C)C. The fourth-order valence-electron chi connectivity index (χ4n) is 3.85. The normalized spacial score (nSPS) is 11.8. The van der Waals surface area contributed by atoms with Gasteiger partial charge >= 0.3 is 11.9 Å². The van der Waals surface area contributed by atoms with Gasteiger partial charge in [0, 0.05) is 19.4 Å². The lowest BCUT2D eigenvalue weighted by Gasteiger charge is -2.19. The molecular weight excluding hydrogens is 442 g/mol. The van der Waals surface area contributed by atoms with Crippen LogP contribution in [-0.2, 0) is 23.9 Å². The summed E-state index contributed by atoms with van der Waals surface area (Å²) in [6.07, 6.45) is 18.1. The molecule has 0 radical (unpaired) electrons. The standard InChI is InChI=1S/C29H55NO5/c1-28(2,3)34-26(32)22-20-18-16-14-12-10-8-7-9-11-13-15-17-19-21-25(31)30-24-23-27(33)35-29(4,5)6/h7-24H2,1-6H3,(H,30,31). The molecule has 6 nitrogen and oxygen atoms in total. The largest absolute Gasteiger partial charge is 0.460 e. The summed E-state index contributed by atoms with van der Waals surface area (Å²) in [5, 5.41) is 2.80. The van der Waals surface area contributed by atoms with Gasteiger partial charge in [0.1, 0.15) is 11.2 Å². The first-order valence-corrected chi connectivity index (χ1v) is 14.1. The summed E-state index contributed by atoms with van der Waals surface area (Å²) in [4.78, 5) is 35.1. The molecule has 0 saturated heterocycles. The third-order valence-corrected chi connectivity index (χ3v) is 5.53. The summed E-state index contributed by atoms with van der Waals surface area (Å²) < 4.78 is 10.6. The average Bonchev–Trinajstić information content (AvgIpc) is 2.70. The molecule has 0 aromatic heterocycles. The van der Waals surface area contributed by atoms with Gasteiger partial charge in [-0.15, -0.1) is 0 Å². The fourth-order valence-corrected chi connectivity index (χ4v) is 3.85. The van der Waals surface area contributed by atoms with Crippen LogP contribution in [0.4, 0.5) is 0 Å².